The molecule has 12 heavy (non-hydrogen) atoms. The van der Waals surface area contributed by atoms with Crippen LogP contribution >= 0.6 is 23.1 Å². The summed E-state index contributed by atoms with van der Waals surface area (Å²) in [6, 6.07) is 1.75. The summed E-state index contributed by atoms with van der Waals surface area (Å²) in [5, 5.41) is 8.71. The van der Waals surface area contributed by atoms with Crippen molar-refractivity contribution in [1.82, 2.24) is 0 Å². The van der Waals surface area contributed by atoms with Crippen LogP contribution in [-0.2, 0) is 0 Å². The number of rotatable bonds is 1. The van der Waals surface area contributed by atoms with Crippen molar-refractivity contribution in [1.29, 1.82) is 0 Å². The van der Waals surface area contributed by atoms with E-state index in [1.165, 1.54) is 11.3 Å². The average Bonchev–Trinajstić information content (AvgIpc) is 2.46. The van der Waals surface area contributed by atoms with Gasteiger partial charge in [0, 0.05) is 15.5 Å². The number of thiophene rings is 1. The smallest absolute Gasteiger partial charge is 0.345 e. The van der Waals surface area contributed by atoms with E-state index in [-0.39, 0.29) is 0 Å². The zero-order valence-corrected chi connectivity index (χ0v) is 7.74. The van der Waals surface area contributed by atoms with Crippen molar-refractivity contribution in [2.75, 3.05) is 5.75 Å². The molecule has 4 heteroatoms. The van der Waals surface area contributed by atoms with Crippen molar-refractivity contribution < 1.29 is 9.90 Å². The van der Waals surface area contributed by atoms with E-state index in [9.17, 15) is 4.79 Å². The number of carboxylic acid groups (broad SMARTS) is 1. The minimum atomic E-state index is -0.830. The third-order valence-corrected chi connectivity index (χ3v) is 3.77. The number of hydrogen-bond donors (Lipinski definition) is 1. The SMILES string of the molecule is O=C(O)c1cc2c(s1)C=CCS2. The van der Waals surface area contributed by atoms with E-state index in [2.05, 4.69) is 6.08 Å². The van der Waals surface area contributed by atoms with Gasteiger partial charge in [0.2, 0.25) is 0 Å². The van der Waals surface area contributed by atoms with Crippen LogP contribution in [0.25, 0.3) is 6.08 Å². The minimum Gasteiger partial charge on any atom is -0.477 e. The molecule has 1 aromatic heterocycles. The molecule has 0 saturated carbocycles. The van der Waals surface area contributed by atoms with E-state index < -0.39 is 5.97 Å². The predicted octanol–water partition coefficient (Wildman–Crippen LogP) is 2.57. The normalized spacial score (nSPS) is 14.3. The largest absolute Gasteiger partial charge is 0.477 e. The fraction of sp³-hybridized carbons (Fsp3) is 0.125. The van der Waals surface area contributed by atoms with Crippen LogP contribution in [0.3, 0.4) is 0 Å². The molecule has 1 aliphatic heterocycles. The third-order valence-electron chi connectivity index (χ3n) is 1.54. The number of aromatic carboxylic acids is 1. The lowest BCUT2D eigenvalue weighted by molar-refractivity contribution is 0.0702. The van der Waals surface area contributed by atoms with E-state index in [1.807, 2.05) is 6.08 Å². The average molecular weight is 198 g/mol. The number of fused-ring (bicyclic) bond motifs is 1. The highest BCUT2D eigenvalue weighted by Gasteiger charge is 2.13. The van der Waals surface area contributed by atoms with Crippen molar-refractivity contribution in [3.05, 3.63) is 21.9 Å². The van der Waals surface area contributed by atoms with Gasteiger partial charge in [-0.25, -0.2) is 4.79 Å². The molecule has 1 aromatic rings. The Bertz CT molecular complexity index is 352. The number of carbonyl (C=O) groups is 1. The first-order valence-electron chi connectivity index (χ1n) is 3.44. The summed E-state index contributed by atoms with van der Waals surface area (Å²) < 4.78 is 0. The first kappa shape index (κ1) is 7.89. The Hall–Kier alpha value is -0.740. The Morgan fingerprint density at radius 1 is 1.58 bits per heavy atom. The fourth-order valence-electron chi connectivity index (χ4n) is 1.02. The van der Waals surface area contributed by atoms with Gasteiger partial charge < -0.3 is 5.11 Å². The number of hydrogen-bond acceptors (Lipinski definition) is 3. The lowest BCUT2D eigenvalue weighted by atomic mass is 10.4. The van der Waals surface area contributed by atoms with Gasteiger partial charge in [0.25, 0.3) is 0 Å². The molecule has 0 aliphatic carbocycles. The molecule has 2 nitrogen and oxygen atoms in total. The molecule has 0 spiro atoms. The maximum absolute atomic E-state index is 10.6. The van der Waals surface area contributed by atoms with Crippen LogP contribution in [0.15, 0.2) is 17.0 Å². The van der Waals surface area contributed by atoms with Gasteiger partial charge in [-0.2, -0.15) is 0 Å². The summed E-state index contributed by atoms with van der Waals surface area (Å²) in [6.07, 6.45) is 4.04. The van der Waals surface area contributed by atoms with Gasteiger partial charge in [0.1, 0.15) is 4.88 Å². The van der Waals surface area contributed by atoms with Crippen LogP contribution in [0.4, 0.5) is 0 Å². The molecule has 1 aliphatic rings. The highest BCUT2D eigenvalue weighted by atomic mass is 32.2. The summed E-state index contributed by atoms with van der Waals surface area (Å²) in [7, 11) is 0. The summed E-state index contributed by atoms with van der Waals surface area (Å²) in [5.41, 5.74) is 0. The first-order chi connectivity index (χ1) is 5.77. The molecule has 0 radical (unpaired) electrons. The molecule has 0 aromatic carbocycles. The van der Waals surface area contributed by atoms with E-state index in [4.69, 9.17) is 5.11 Å². The molecule has 0 saturated heterocycles. The van der Waals surface area contributed by atoms with Crippen LogP contribution in [0.1, 0.15) is 14.5 Å². The Morgan fingerprint density at radius 2 is 2.42 bits per heavy atom. The summed E-state index contributed by atoms with van der Waals surface area (Å²) in [5.74, 6) is 0.117. The Balaban J connectivity index is 2.46. The van der Waals surface area contributed by atoms with Crippen molar-refractivity contribution in [3.63, 3.8) is 0 Å². The summed E-state index contributed by atoms with van der Waals surface area (Å²) >= 11 is 3.02. The molecule has 0 fully saturated rings. The van der Waals surface area contributed by atoms with Gasteiger partial charge in [0.15, 0.2) is 0 Å². The lowest BCUT2D eigenvalue weighted by Gasteiger charge is -2.00. The maximum Gasteiger partial charge on any atom is 0.345 e. The zero-order chi connectivity index (χ0) is 8.55. The summed E-state index contributed by atoms with van der Waals surface area (Å²) in [4.78, 5) is 13.2. The molecule has 1 N–H and O–H groups in total. The molecule has 0 bridgehead atoms. The van der Waals surface area contributed by atoms with Crippen molar-refractivity contribution >= 4 is 35.1 Å². The van der Waals surface area contributed by atoms with Gasteiger partial charge in [-0.05, 0) is 12.1 Å². The monoisotopic (exact) mass is 198 g/mol. The third kappa shape index (κ3) is 1.28. The Kier molecular flexibility index (Phi) is 1.94. The zero-order valence-electron chi connectivity index (χ0n) is 6.11. The molecule has 2 rings (SSSR count). The topological polar surface area (TPSA) is 37.3 Å². The van der Waals surface area contributed by atoms with Crippen LogP contribution in [0.2, 0.25) is 0 Å². The maximum atomic E-state index is 10.6. The predicted molar refractivity (Wildman–Crippen MR) is 51.0 cm³/mol. The second-order valence-corrected chi connectivity index (χ2v) is 4.50. The minimum absolute atomic E-state index is 0.430. The highest BCUT2D eigenvalue weighted by Crippen LogP contribution is 2.35. The summed E-state index contributed by atoms with van der Waals surface area (Å²) in [6.45, 7) is 0. The Labute approximate surface area is 77.9 Å². The van der Waals surface area contributed by atoms with Gasteiger partial charge >= 0.3 is 5.97 Å². The number of thioether (sulfide) groups is 1. The fourth-order valence-corrected chi connectivity index (χ4v) is 3.00. The van der Waals surface area contributed by atoms with Crippen molar-refractivity contribution in [3.8, 4) is 0 Å². The Morgan fingerprint density at radius 3 is 3.08 bits per heavy atom. The van der Waals surface area contributed by atoms with E-state index in [0.717, 1.165) is 15.5 Å². The van der Waals surface area contributed by atoms with Crippen molar-refractivity contribution in [2.24, 2.45) is 0 Å². The van der Waals surface area contributed by atoms with Gasteiger partial charge in [-0.1, -0.05) is 6.08 Å². The van der Waals surface area contributed by atoms with E-state index in [0.29, 0.717) is 4.88 Å². The van der Waals surface area contributed by atoms with Gasteiger partial charge in [-0.3, -0.25) is 0 Å². The first-order valence-corrected chi connectivity index (χ1v) is 5.24. The number of carboxylic acids is 1. The van der Waals surface area contributed by atoms with Crippen molar-refractivity contribution in [2.45, 2.75) is 4.90 Å². The second-order valence-electron chi connectivity index (χ2n) is 2.36. The molecular formula is C8H6O2S2. The quantitative estimate of drug-likeness (QED) is 0.753. The highest BCUT2D eigenvalue weighted by molar-refractivity contribution is 7.99. The molecule has 0 amide bonds. The molecule has 0 unspecified atom stereocenters. The molecular weight excluding hydrogens is 192 g/mol. The van der Waals surface area contributed by atoms with Crippen LogP contribution in [0, 0.1) is 0 Å². The van der Waals surface area contributed by atoms with E-state index in [1.54, 1.807) is 17.8 Å². The van der Waals surface area contributed by atoms with Gasteiger partial charge in [0.05, 0.1) is 0 Å². The van der Waals surface area contributed by atoms with Gasteiger partial charge in [-0.15, -0.1) is 23.1 Å². The van der Waals surface area contributed by atoms with Crippen LogP contribution < -0.4 is 0 Å². The lowest BCUT2D eigenvalue weighted by Crippen LogP contribution is -1.89. The second kappa shape index (κ2) is 2.95. The standard InChI is InChI=1S/C8H6O2S2/c9-8(10)7-4-6-5(12-7)2-1-3-11-6/h1-2,4H,3H2,(H,9,10). The van der Waals surface area contributed by atoms with E-state index >= 15 is 0 Å². The van der Waals surface area contributed by atoms with Crippen LogP contribution in [-0.4, -0.2) is 16.8 Å². The molecule has 2 heterocycles. The molecule has 62 valence electrons. The molecule has 0 atom stereocenters. The van der Waals surface area contributed by atoms with Crippen LogP contribution in [0.5, 0.6) is 0 Å².